The van der Waals surface area contributed by atoms with E-state index in [2.05, 4.69) is 15.0 Å². The van der Waals surface area contributed by atoms with Gasteiger partial charge in [0.15, 0.2) is 17.0 Å². The van der Waals surface area contributed by atoms with Crippen LogP contribution in [0.2, 0.25) is 0 Å². The third-order valence-electron chi connectivity index (χ3n) is 6.11. The van der Waals surface area contributed by atoms with E-state index in [0.29, 0.717) is 24.2 Å². The number of aromatic nitrogens is 4. The summed E-state index contributed by atoms with van der Waals surface area (Å²) < 4.78 is 7.41. The third-order valence-corrected chi connectivity index (χ3v) is 6.11. The number of nitrogens with two attached hydrogens (primary N) is 1. The quantitative estimate of drug-likeness (QED) is 0.492. The summed E-state index contributed by atoms with van der Waals surface area (Å²) in [6.07, 6.45) is 0.179. The fourth-order valence-corrected chi connectivity index (χ4v) is 4.47. The predicted molar refractivity (Wildman–Crippen MR) is 99.2 cm³/mol. The van der Waals surface area contributed by atoms with E-state index in [1.807, 2.05) is 30.3 Å². The molecule has 0 bridgehead atoms. The normalized spacial score (nSPS) is 31.1. The van der Waals surface area contributed by atoms with Crippen LogP contribution in [0.5, 0.6) is 6.01 Å². The monoisotopic (exact) mass is 383 g/mol. The van der Waals surface area contributed by atoms with Crippen LogP contribution in [0.3, 0.4) is 0 Å². The maximum atomic E-state index is 10.6. The van der Waals surface area contributed by atoms with Crippen LogP contribution in [0, 0.1) is 11.3 Å². The Morgan fingerprint density at radius 1 is 1.21 bits per heavy atom. The fourth-order valence-electron chi connectivity index (χ4n) is 4.47. The van der Waals surface area contributed by atoms with Gasteiger partial charge in [-0.1, -0.05) is 30.3 Å². The minimum atomic E-state index is -1.02. The molecular formula is C19H21N5O4. The summed E-state index contributed by atoms with van der Waals surface area (Å²) >= 11 is 0. The van der Waals surface area contributed by atoms with Crippen LogP contribution in [-0.4, -0.2) is 53.7 Å². The van der Waals surface area contributed by atoms with Gasteiger partial charge in [-0.2, -0.15) is 9.97 Å². The van der Waals surface area contributed by atoms with Gasteiger partial charge in [0.25, 0.3) is 0 Å². The van der Waals surface area contributed by atoms with Gasteiger partial charge in [-0.25, -0.2) is 4.98 Å². The van der Waals surface area contributed by atoms with Gasteiger partial charge in [-0.3, -0.25) is 0 Å². The molecule has 28 heavy (non-hydrogen) atoms. The number of nitrogens with zero attached hydrogens (tertiary/aromatic N) is 4. The highest BCUT2D eigenvalue weighted by atomic mass is 16.5. The van der Waals surface area contributed by atoms with Crippen LogP contribution in [0.1, 0.15) is 18.0 Å². The van der Waals surface area contributed by atoms with Crippen LogP contribution < -0.4 is 10.5 Å². The molecule has 1 unspecified atom stereocenters. The van der Waals surface area contributed by atoms with E-state index in [4.69, 9.17) is 10.5 Å². The van der Waals surface area contributed by atoms with E-state index < -0.39 is 23.7 Å². The molecule has 2 saturated carbocycles. The predicted octanol–water partition coefficient (Wildman–Crippen LogP) is 0.263. The van der Waals surface area contributed by atoms with Gasteiger partial charge in [-0.15, -0.1) is 0 Å². The molecule has 5 rings (SSSR count). The van der Waals surface area contributed by atoms with E-state index in [-0.39, 0.29) is 24.4 Å². The average Bonchev–Trinajstić information content (AvgIpc) is 3.23. The van der Waals surface area contributed by atoms with Crippen LogP contribution in [0.4, 0.5) is 5.82 Å². The number of fused-ring (bicyclic) bond motifs is 2. The van der Waals surface area contributed by atoms with Crippen LogP contribution >= 0.6 is 0 Å². The molecule has 3 aromatic rings. The highest BCUT2D eigenvalue weighted by Gasteiger charge is 2.71. The Labute approximate surface area is 160 Å². The van der Waals surface area contributed by atoms with Gasteiger partial charge in [0.2, 0.25) is 0 Å². The Hall–Kier alpha value is -2.75. The molecular weight excluding hydrogens is 362 g/mol. The van der Waals surface area contributed by atoms with Gasteiger partial charge in [-0.05, 0) is 17.9 Å². The molecule has 2 fully saturated rings. The fraction of sp³-hybridized carbons (Fsp3) is 0.421. The lowest BCUT2D eigenvalue weighted by molar-refractivity contribution is -0.0300. The Morgan fingerprint density at radius 2 is 2.00 bits per heavy atom. The van der Waals surface area contributed by atoms with Crippen molar-refractivity contribution in [2.24, 2.45) is 11.3 Å². The molecule has 0 spiro atoms. The lowest BCUT2D eigenvalue weighted by Gasteiger charge is -2.23. The molecule has 9 heteroatoms. The van der Waals surface area contributed by atoms with Crippen molar-refractivity contribution in [3.8, 4) is 6.01 Å². The molecule has 146 valence electrons. The van der Waals surface area contributed by atoms with E-state index >= 15 is 0 Å². The van der Waals surface area contributed by atoms with Crippen LogP contribution in [0.15, 0.2) is 36.7 Å². The summed E-state index contributed by atoms with van der Waals surface area (Å²) in [6.45, 7) is 0.128. The first-order chi connectivity index (χ1) is 13.5. The molecule has 9 nitrogen and oxygen atoms in total. The van der Waals surface area contributed by atoms with Crippen molar-refractivity contribution < 1.29 is 20.1 Å². The number of hydrogen-bond acceptors (Lipinski definition) is 8. The summed E-state index contributed by atoms with van der Waals surface area (Å²) in [5.41, 5.74) is 7.21. The molecule has 0 amide bonds. The first-order valence-corrected chi connectivity index (χ1v) is 9.19. The number of anilines is 1. The number of hydrogen-bond donors (Lipinski definition) is 4. The van der Waals surface area contributed by atoms with Crippen molar-refractivity contribution in [3.05, 3.63) is 42.2 Å². The number of rotatable bonds is 5. The number of benzene rings is 1. The minimum absolute atomic E-state index is 0.0511. The van der Waals surface area contributed by atoms with Gasteiger partial charge >= 0.3 is 6.01 Å². The first-order valence-electron chi connectivity index (χ1n) is 9.19. The standard InChI is InChI=1S/C19H21N5O4/c20-16-12-17(23-18(22-16)28-7-10-4-2-1-3-5-10)24(9-21-12)13-11-6-19(11,8-25)15(27)14(13)26/h1-5,9,11,13-15,25-27H,6-8H2,(H2,20,22,23)/t11-,13-,14?,15-,19+/m1/s1. The number of aliphatic hydroxyl groups excluding tert-OH is 3. The van der Waals surface area contributed by atoms with Crippen molar-refractivity contribution >= 4 is 17.0 Å². The summed E-state index contributed by atoms with van der Waals surface area (Å²) in [7, 11) is 0. The zero-order chi connectivity index (χ0) is 19.5. The Kier molecular flexibility index (Phi) is 3.80. The number of ether oxygens (including phenoxy) is 1. The summed E-state index contributed by atoms with van der Waals surface area (Å²) in [5, 5.41) is 30.6. The molecule has 5 atom stereocenters. The molecule has 1 aromatic carbocycles. The Bertz CT molecular complexity index is 1030. The second-order valence-corrected chi connectivity index (χ2v) is 7.62. The molecule has 0 aliphatic heterocycles. The van der Waals surface area contributed by atoms with Gasteiger partial charge < -0.3 is 30.4 Å². The van der Waals surface area contributed by atoms with Crippen molar-refractivity contribution in [1.29, 1.82) is 0 Å². The topological polar surface area (TPSA) is 140 Å². The van der Waals surface area contributed by atoms with Crippen molar-refractivity contribution in [2.45, 2.75) is 31.3 Å². The van der Waals surface area contributed by atoms with Crippen LogP contribution in [-0.2, 0) is 6.61 Å². The van der Waals surface area contributed by atoms with Crippen molar-refractivity contribution in [1.82, 2.24) is 19.5 Å². The zero-order valence-electron chi connectivity index (χ0n) is 15.0. The van der Waals surface area contributed by atoms with Gasteiger partial charge in [0.05, 0.1) is 25.1 Å². The van der Waals surface area contributed by atoms with E-state index in [1.54, 1.807) is 10.9 Å². The molecule has 2 aromatic heterocycles. The summed E-state index contributed by atoms with van der Waals surface area (Å²) in [4.78, 5) is 12.9. The lowest BCUT2D eigenvalue weighted by atomic mass is 10.0. The van der Waals surface area contributed by atoms with E-state index in [9.17, 15) is 15.3 Å². The van der Waals surface area contributed by atoms with Crippen LogP contribution in [0.25, 0.3) is 11.2 Å². The second-order valence-electron chi connectivity index (χ2n) is 7.62. The summed E-state index contributed by atoms with van der Waals surface area (Å²) in [5.74, 6) is 0.133. The smallest absolute Gasteiger partial charge is 0.320 e. The highest BCUT2D eigenvalue weighted by molar-refractivity contribution is 5.82. The summed E-state index contributed by atoms with van der Waals surface area (Å²) in [6, 6.07) is 9.31. The second kappa shape index (κ2) is 6.13. The number of imidazole rings is 1. The van der Waals surface area contributed by atoms with E-state index in [1.165, 1.54) is 0 Å². The zero-order valence-corrected chi connectivity index (χ0v) is 15.0. The molecule has 0 radical (unpaired) electrons. The van der Waals surface area contributed by atoms with Gasteiger partial charge in [0, 0.05) is 5.41 Å². The molecule has 0 saturated heterocycles. The maximum absolute atomic E-state index is 10.6. The molecule has 2 aliphatic rings. The number of aliphatic hydroxyl groups is 3. The SMILES string of the molecule is Nc1nc(OCc2ccccc2)nc2c1ncn2[C@H]1C(O)[C@@H](O)[C@]2(CO)C[C@H]12. The van der Waals surface area contributed by atoms with Crippen molar-refractivity contribution in [3.63, 3.8) is 0 Å². The lowest BCUT2D eigenvalue weighted by Crippen LogP contribution is -2.35. The molecule has 2 heterocycles. The average molecular weight is 383 g/mol. The van der Waals surface area contributed by atoms with Gasteiger partial charge in [0.1, 0.15) is 12.7 Å². The minimum Gasteiger partial charge on any atom is -0.458 e. The molecule has 5 N–H and O–H groups in total. The number of nitrogen functional groups attached to an aromatic ring is 1. The first kappa shape index (κ1) is 17.4. The van der Waals surface area contributed by atoms with Crippen molar-refractivity contribution in [2.75, 3.05) is 12.3 Å². The Balaban J connectivity index is 1.49. The Morgan fingerprint density at radius 3 is 2.71 bits per heavy atom. The molecule has 2 aliphatic carbocycles. The van der Waals surface area contributed by atoms with E-state index in [0.717, 1.165) is 5.56 Å². The maximum Gasteiger partial charge on any atom is 0.320 e. The largest absolute Gasteiger partial charge is 0.458 e. The highest BCUT2D eigenvalue weighted by Crippen LogP contribution is 2.67. The third kappa shape index (κ3) is 2.40.